The minimum absolute atomic E-state index is 0.0103. The van der Waals surface area contributed by atoms with Gasteiger partial charge in [0.2, 0.25) is 5.91 Å². The van der Waals surface area contributed by atoms with Crippen LogP contribution in [0.4, 0.5) is 0 Å². The van der Waals surface area contributed by atoms with Crippen LogP contribution < -0.4 is 5.32 Å². The number of carbonyl (C=O) groups excluding carboxylic acids is 1. The van der Waals surface area contributed by atoms with Gasteiger partial charge in [0, 0.05) is 45.6 Å². The lowest BCUT2D eigenvalue weighted by Crippen LogP contribution is -2.39. The van der Waals surface area contributed by atoms with Crippen LogP contribution in [0.5, 0.6) is 0 Å². The summed E-state index contributed by atoms with van der Waals surface area (Å²) in [5.74, 6) is 0.0103. The Morgan fingerprint density at radius 3 is 2.93 bits per heavy atom. The Morgan fingerprint density at radius 2 is 2.15 bits per heavy atom. The molecule has 0 saturated heterocycles. The number of fused-ring (bicyclic) bond motifs is 1. The highest BCUT2D eigenvalue weighted by molar-refractivity contribution is 7.18. The first kappa shape index (κ1) is 19.4. The van der Waals surface area contributed by atoms with Gasteiger partial charge in [0.15, 0.2) is 0 Å². The summed E-state index contributed by atoms with van der Waals surface area (Å²) in [4.78, 5) is 23.1. The van der Waals surface area contributed by atoms with E-state index in [1.54, 1.807) is 24.6 Å². The van der Waals surface area contributed by atoms with E-state index in [4.69, 9.17) is 4.74 Å². The van der Waals surface area contributed by atoms with E-state index in [1.807, 2.05) is 36.5 Å². The van der Waals surface area contributed by atoms with Crippen molar-refractivity contribution in [1.82, 2.24) is 20.2 Å². The average molecular weight is 385 g/mol. The number of para-hydroxylation sites is 1. The minimum atomic E-state index is 0.0103. The van der Waals surface area contributed by atoms with Crippen LogP contribution in [-0.4, -0.2) is 54.1 Å². The second-order valence-corrected chi connectivity index (χ2v) is 7.36. The summed E-state index contributed by atoms with van der Waals surface area (Å²) in [7, 11) is 1.67. The van der Waals surface area contributed by atoms with E-state index in [1.165, 1.54) is 4.70 Å². The van der Waals surface area contributed by atoms with Crippen molar-refractivity contribution in [2.45, 2.75) is 13.0 Å². The number of benzene rings is 1. The van der Waals surface area contributed by atoms with Crippen molar-refractivity contribution in [2.75, 3.05) is 33.4 Å². The summed E-state index contributed by atoms with van der Waals surface area (Å²) in [6.07, 6.45) is 4.31. The van der Waals surface area contributed by atoms with Crippen molar-refractivity contribution in [1.29, 1.82) is 0 Å². The Hall–Kier alpha value is -2.35. The van der Waals surface area contributed by atoms with Crippen LogP contribution in [-0.2, 0) is 22.5 Å². The van der Waals surface area contributed by atoms with Gasteiger partial charge in [-0.25, -0.2) is 4.98 Å². The molecule has 27 heavy (non-hydrogen) atoms. The zero-order valence-corrected chi connectivity index (χ0v) is 16.2. The molecule has 3 rings (SSSR count). The van der Waals surface area contributed by atoms with Crippen LogP contribution in [0.1, 0.15) is 10.6 Å². The number of aromatic nitrogens is 2. The van der Waals surface area contributed by atoms with E-state index in [-0.39, 0.29) is 5.91 Å². The first-order valence-electron chi connectivity index (χ1n) is 8.96. The molecule has 0 aliphatic heterocycles. The molecule has 0 unspecified atom stereocenters. The van der Waals surface area contributed by atoms with Crippen LogP contribution >= 0.6 is 11.3 Å². The van der Waals surface area contributed by atoms with Gasteiger partial charge in [-0.05, 0) is 23.8 Å². The summed E-state index contributed by atoms with van der Waals surface area (Å²) in [5.41, 5.74) is 2.10. The first-order valence-corrected chi connectivity index (χ1v) is 9.77. The molecule has 2 aromatic heterocycles. The maximum absolute atomic E-state index is 12.3. The van der Waals surface area contributed by atoms with Crippen molar-refractivity contribution in [3.05, 3.63) is 59.4 Å². The lowest BCUT2D eigenvalue weighted by Gasteiger charge is -2.21. The number of hydrogen-bond donors (Lipinski definition) is 1. The average Bonchev–Trinajstić information content (AvgIpc) is 3.09. The van der Waals surface area contributed by atoms with E-state index in [0.717, 1.165) is 22.5 Å². The van der Waals surface area contributed by atoms with Gasteiger partial charge in [-0.2, -0.15) is 0 Å². The van der Waals surface area contributed by atoms with Crippen molar-refractivity contribution in [3.8, 4) is 0 Å². The molecule has 1 aromatic carbocycles. The third-order valence-corrected chi connectivity index (χ3v) is 5.20. The minimum Gasteiger partial charge on any atom is -0.383 e. The van der Waals surface area contributed by atoms with E-state index in [0.29, 0.717) is 32.8 Å². The zero-order valence-electron chi connectivity index (χ0n) is 15.4. The normalized spacial score (nSPS) is 11.2. The molecule has 6 nitrogen and oxygen atoms in total. The molecule has 0 saturated carbocycles. The van der Waals surface area contributed by atoms with Gasteiger partial charge in [0.25, 0.3) is 0 Å². The third-order valence-electron chi connectivity index (χ3n) is 4.11. The number of carbonyl (C=O) groups is 1. The Labute approximate surface area is 163 Å². The number of amides is 1. The Balaban J connectivity index is 1.47. The largest absolute Gasteiger partial charge is 0.383 e. The maximum Gasteiger partial charge on any atom is 0.234 e. The van der Waals surface area contributed by atoms with Gasteiger partial charge >= 0.3 is 0 Å². The highest BCUT2D eigenvalue weighted by atomic mass is 32.1. The Bertz CT molecular complexity index is 820. The number of hydrogen-bond acceptors (Lipinski definition) is 6. The standard InChI is InChI=1S/C20H24N4O2S/c1-26-12-11-24(14-16-5-4-9-21-13-16)15-19(25)22-10-8-20-23-17-6-2-3-7-18(17)27-20/h2-7,9,13H,8,10-12,14-15H2,1H3,(H,22,25). The van der Waals surface area contributed by atoms with Crippen LogP contribution in [0.3, 0.4) is 0 Å². The van der Waals surface area contributed by atoms with Gasteiger partial charge in [-0.3, -0.25) is 14.7 Å². The number of thiazole rings is 1. The molecule has 0 atom stereocenters. The zero-order chi connectivity index (χ0) is 18.9. The fraction of sp³-hybridized carbons (Fsp3) is 0.350. The van der Waals surface area contributed by atoms with Crippen molar-refractivity contribution < 1.29 is 9.53 Å². The third kappa shape index (κ3) is 6.09. The van der Waals surface area contributed by atoms with Gasteiger partial charge < -0.3 is 10.1 Å². The number of methoxy groups -OCH3 is 1. The molecule has 0 bridgehead atoms. The predicted octanol–water partition coefficient (Wildman–Crippen LogP) is 2.50. The summed E-state index contributed by atoms with van der Waals surface area (Å²) in [5, 5.41) is 4.04. The van der Waals surface area contributed by atoms with Crippen molar-refractivity contribution in [3.63, 3.8) is 0 Å². The summed E-state index contributed by atoms with van der Waals surface area (Å²) in [6, 6.07) is 12.0. The number of ether oxygens (including phenoxy) is 1. The molecule has 7 heteroatoms. The second kappa shape index (κ2) is 10.1. The fourth-order valence-electron chi connectivity index (χ4n) is 2.78. The molecule has 142 valence electrons. The summed E-state index contributed by atoms with van der Waals surface area (Å²) < 4.78 is 6.35. The lowest BCUT2D eigenvalue weighted by molar-refractivity contribution is -0.122. The lowest BCUT2D eigenvalue weighted by atomic mass is 10.2. The van der Waals surface area contributed by atoms with Crippen LogP contribution in [0, 0.1) is 0 Å². The number of nitrogens with zero attached hydrogens (tertiary/aromatic N) is 3. The molecule has 0 radical (unpaired) electrons. The van der Waals surface area contributed by atoms with E-state index < -0.39 is 0 Å². The number of rotatable bonds is 10. The molecule has 0 spiro atoms. The topological polar surface area (TPSA) is 67.3 Å². The molecule has 0 fully saturated rings. The van der Waals surface area contributed by atoms with Crippen molar-refractivity contribution in [2.24, 2.45) is 0 Å². The molecular formula is C20H24N4O2S. The van der Waals surface area contributed by atoms with Crippen molar-refractivity contribution >= 4 is 27.5 Å². The van der Waals surface area contributed by atoms with E-state index in [2.05, 4.69) is 26.3 Å². The van der Waals surface area contributed by atoms with Crippen LogP contribution in [0.15, 0.2) is 48.8 Å². The summed E-state index contributed by atoms with van der Waals surface area (Å²) >= 11 is 1.68. The smallest absolute Gasteiger partial charge is 0.234 e. The maximum atomic E-state index is 12.3. The van der Waals surface area contributed by atoms with Crippen LogP contribution in [0.25, 0.3) is 10.2 Å². The second-order valence-electron chi connectivity index (χ2n) is 6.24. The molecule has 0 aliphatic carbocycles. The molecule has 2 heterocycles. The molecule has 3 aromatic rings. The summed E-state index contributed by atoms with van der Waals surface area (Å²) in [6.45, 7) is 2.86. The predicted molar refractivity (Wildman–Crippen MR) is 108 cm³/mol. The molecule has 1 N–H and O–H groups in total. The number of nitrogens with one attached hydrogen (secondary N) is 1. The highest BCUT2D eigenvalue weighted by Gasteiger charge is 2.12. The monoisotopic (exact) mass is 384 g/mol. The van der Waals surface area contributed by atoms with E-state index >= 15 is 0 Å². The fourth-order valence-corrected chi connectivity index (χ4v) is 3.75. The molecular weight excluding hydrogens is 360 g/mol. The van der Waals surface area contributed by atoms with Gasteiger partial charge in [-0.1, -0.05) is 18.2 Å². The van der Waals surface area contributed by atoms with Gasteiger partial charge in [-0.15, -0.1) is 11.3 Å². The quantitative estimate of drug-likeness (QED) is 0.582. The first-order chi connectivity index (χ1) is 13.2. The van der Waals surface area contributed by atoms with E-state index in [9.17, 15) is 4.79 Å². The van der Waals surface area contributed by atoms with Gasteiger partial charge in [0.05, 0.1) is 28.4 Å². The molecule has 1 amide bonds. The van der Waals surface area contributed by atoms with Gasteiger partial charge in [0.1, 0.15) is 0 Å². The Morgan fingerprint density at radius 1 is 1.26 bits per heavy atom. The molecule has 0 aliphatic rings. The SMILES string of the molecule is COCCN(CC(=O)NCCc1nc2ccccc2s1)Cc1cccnc1. The number of pyridine rings is 1. The Kier molecular flexibility index (Phi) is 7.27. The van der Waals surface area contributed by atoms with Crippen LogP contribution in [0.2, 0.25) is 0 Å². The highest BCUT2D eigenvalue weighted by Crippen LogP contribution is 2.21.